The van der Waals surface area contributed by atoms with Crippen LogP contribution in [0, 0.1) is 5.92 Å². The van der Waals surface area contributed by atoms with E-state index >= 15 is 0 Å². The van der Waals surface area contributed by atoms with Crippen molar-refractivity contribution >= 4 is 5.78 Å². The van der Waals surface area contributed by atoms with E-state index in [9.17, 15) is 18.0 Å². The lowest BCUT2D eigenvalue weighted by Crippen LogP contribution is -2.26. The molecular weight excluding hydrogens is 247 g/mol. The van der Waals surface area contributed by atoms with E-state index in [1.54, 1.807) is 0 Å². The fourth-order valence-electron chi connectivity index (χ4n) is 2.23. The summed E-state index contributed by atoms with van der Waals surface area (Å²) in [6, 6.07) is -1.35. The van der Waals surface area contributed by atoms with Gasteiger partial charge >= 0.3 is 0 Å². The van der Waals surface area contributed by atoms with Gasteiger partial charge in [0, 0.05) is 19.3 Å². The van der Waals surface area contributed by atoms with Gasteiger partial charge in [-0.3, -0.25) is 4.79 Å². The van der Waals surface area contributed by atoms with Crippen LogP contribution in [0.1, 0.15) is 54.8 Å². The van der Waals surface area contributed by atoms with Gasteiger partial charge in [-0.1, -0.05) is 0 Å². The van der Waals surface area contributed by atoms with Crippen molar-refractivity contribution < 1.29 is 18.0 Å². The lowest BCUT2D eigenvalue weighted by atomic mass is 10.1. The van der Waals surface area contributed by atoms with Gasteiger partial charge in [-0.2, -0.15) is 0 Å². The van der Waals surface area contributed by atoms with Crippen molar-refractivity contribution in [2.75, 3.05) is 0 Å². The molecule has 2 unspecified atom stereocenters. The minimum atomic E-state index is -3.08. The molecule has 0 saturated heterocycles. The van der Waals surface area contributed by atoms with E-state index in [1.165, 1.54) is 0 Å². The second-order valence-corrected chi connectivity index (χ2v) is 5.05. The SMILES string of the molecule is CC(F)(F)C1CC(F)c2nc(C(=O)C3CC3)nn21. The third-order valence-electron chi connectivity index (χ3n) is 3.42. The molecule has 0 radical (unpaired) electrons. The molecule has 1 fully saturated rings. The van der Waals surface area contributed by atoms with Crippen LogP contribution in [-0.4, -0.2) is 26.5 Å². The molecule has 0 bridgehead atoms. The number of hydrogen-bond acceptors (Lipinski definition) is 3. The standard InChI is InChI=1S/C11H12F3N3O/c1-11(13,14)7-4-6(12)10-15-9(16-17(7)10)8(18)5-2-3-5/h5-7H,2-4H2,1H3. The van der Waals surface area contributed by atoms with E-state index < -0.39 is 18.1 Å². The van der Waals surface area contributed by atoms with Gasteiger partial charge in [0.25, 0.3) is 5.92 Å². The number of halogens is 3. The van der Waals surface area contributed by atoms with Gasteiger partial charge in [-0.15, -0.1) is 5.10 Å². The van der Waals surface area contributed by atoms with Gasteiger partial charge in [-0.25, -0.2) is 22.8 Å². The van der Waals surface area contributed by atoms with Gasteiger partial charge < -0.3 is 0 Å². The van der Waals surface area contributed by atoms with Crippen molar-refractivity contribution in [1.29, 1.82) is 0 Å². The fourth-order valence-corrected chi connectivity index (χ4v) is 2.23. The van der Waals surface area contributed by atoms with Gasteiger partial charge in [0.2, 0.25) is 11.6 Å². The molecule has 7 heteroatoms. The molecule has 0 spiro atoms. The van der Waals surface area contributed by atoms with Gasteiger partial charge in [0.1, 0.15) is 6.04 Å². The number of aromatic nitrogens is 3. The Hall–Kier alpha value is -1.40. The minimum absolute atomic E-state index is 0.105. The van der Waals surface area contributed by atoms with Crippen LogP contribution < -0.4 is 0 Å². The van der Waals surface area contributed by atoms with Crippen molar-refractivity contribution in [3.8, 4) is 0 Å². The smallest absolute Gasteiger partial charge is 0.267 e. The first-order valence-corrected chi connectivity index (χ1v) is 5.90. The number of ketones is 1. The Kier molecular flexibility index (Phi) is 2.30. The Morgan fingerprint density at radius 3 is 2.67 bits per heavy atom. The van der Waals surface area contributed by atoms with Crippen LogP contribution in [0.5, 0.6) is 0 Å². The first-order valence-electron chi connectivity index (χ1n) is 5.90. The summed E-state index contributed by atoms with van der Waals surface area (Å²) in [5.74, 6) is -3.72. The second-order valence-electron chi connectivity index (χ2n) is 5.05. The van der Waals surface area contributed by atoms with Crippen molar-refractivity contribution in [2.24, 2.45) is 5.92 Å². The quantitative estimate of drug-likeness (QED) is 0.783. The van der Waals surface area contributed by atoms with Crippen LogP contribution in [0.25, 0.3) is 0 Å². The molecule has 2 aliphatic rings. The average Bonchev–Trinajstić information content (AvgIpc) is 2.94. The summed E-state index contributed by atoms with van der Waals surface area (Å²) >= 11 is 0. The third kappa shape index (κ3) is 1.72. The normalized spacial score (nSPS) is 27.3. The predicted molar refractivity (Wildman–Crippen MR) is 55.2 cm³/mol. The number of nitrogens with zero attached hydrogens (tertiary/aromatic N) is 3. The Morgan fingerprint density at radius 2 is 2.11 bits per heavy atom. The van der Waals surface area contributed by atoms with Crippen molar-refractivity contribution in [1.82, 2.24) is 14.8 Å². The van der Waals surface area contributed by atoms with Crippen LogP contribution in [-0.2, 0) is 0 Å². The molecule has 0 amide bonds. The highest BCUT2D eigenvalue weighted by Gasteiger charge is 2.47. The van der Waals surface area contributed by atoms with Crippen molar-refractivity contribution in [3.05, 3.63) is 11.6 Å². The summed E-state index contributed by atoms with van der Waals surface area (Å²) in [4.78, 5) is 15.5. The highest BCUT2D eigenvalue weighted by molar-refractivity contribution is 5.95. The zero-order valence-electron chi connectivity index (χ0n) is 9.74. The summed E-state index contributed by atoms with van der Waals surface area (Å²) in [7, 11) is 0. The molecule has 1 aromatic rings. The summed E-state index contributed by atoms with van der Waals surface area (Å²) in [6.45, 7) is 0.726. The van der Waals surface area contributed by atoms with Crippen LogP contribution in [0.4, 0.5) is 13.2 Å². The molecule has 1 saturated carbocycles. The van der Waals surface area contributed by atoms with Gasteiger partial charge in [0.05, 0.1) is 0 Å². The number of hydrogen-bond donors (Lipinski definition) is 0. The zero-order valence-corrected chi connectivity index (χ0v) is 9.74. The van der Waals surface area contributed by atoms with Gasteiger partial charge in [-0.05, 0) is 12.8 Å². The summed E-state index contributed by atoms with van der Waals surface area (Å²) < 4.78 is 41.2. The molecular formula is C11H12F3N3O. The lowest BCUT2D eigenvalue weighted by Gasteiger charge is -2.18. The molecule has 4 nitrogen and oxygen atoms in total. The first-order chi connectivity index (χ1) is 8.38. The molecule has 98 valence electrons. The number of rotatable bonds is 3. The predicted octanol–water partition coefficient (Wildman–Crippen LogP) is 2.48. The molecule has 0 aromatic carbocycles. The average molecular weight is 259 g/mol. The molecule has 2 atom stereocenters. The Labute approximate surface area is 101 Å². The first kappa shape index (κ1) is 11.7. The van der Waals surface area contributed by atoms with E-state index in [0.717, 1.165) is 24.4 Å². The van der Waals surface area contributed by atoms with Crippen LogP contribution in [0.15, 0.2) is 0 Å². The second kappa shape index (κ2) is 3.55. The highest BCUT2D eigenvalue weighted by Crippen LogP contribution is 2.44. The van der Waals surface area contributed by atoms with E-state index in [-0.39, 0.29) is 29.8 Å². The van der Waals surface area contributed by atoms with Crippen LogP contribution in [0.2, 0.25) is 0 Å². The molecule has 1 aromatic heterocycles. The topological polar surface area (TPSA) is 47.8 Å². The third-order valence-corrected chi connectivity index (χ3v) is 3.42. The molecule has 1 aliphatic carbocycles. The number of alkyl halides is 3. The Morgan fingerprint density at radius 1 is 1.44 bits per heavy atom. The number of carbonyl (C=O) groups excluding carboxylic acids is 1. The number of fused-ring (bicyclic) bond motifs is 1. The van der Waals surface area contributed by atoms with Gasteiger partial charge in [0.15, 0.2) is 12.0 Å². The summed E-state index contributed by atoms with van der Waals surface area (Å²) in [5, 5.41) is 3.79. The molecule has 18 heavy (non-hydrogen) atoms. The fraction of sp³-hybridized carbons (Fsp3) is 0.727. The van der Waals surface area contributed by atoms with E-state index in [1.807, 2.05) is 0 Å². The lowest BCUT2D eigenvalue weighted by molar-refractivity contribution is -0.0372. The van der Waals surface area contributed by atoms with Crippen molar-refractivity contribution in [2.45, 2.75) is 44.3 Å². The van der Waals surface area contributed by atoms with Crippen molar-refractivity contribution in [3.63, 3.8) is 0 Å². The summed E-state index contributed by atoms with van der Waals surface area (Å²) in [6.07, 6.45) is -0.366. The molecule has 0 N–H and O–H groups in total. The van der Waals surface area contributed by atoms with E-state index in [4.69, 9.17) is 0 Å². The number of carbonyl (C=O) groups is 1. The van der Waals surface area contributed by atoms with Crippen LogP contribution >= 0.6 is 0 Å². The zero-order chi connectivity index (χ0) is 13.1. The maximum atomic E-state index is 13.6. The largest absolute Gasteiger partial charge is 0.290 e. The highest BCUT2D eigenvalue weighted by atomic mass is 19.3. The molecule has 1 aliphatic heterocycles. The Bertz CT molecular complexity index is 504. The Balaban J connectivity index is 1.96. The van der Waals surface area contributed by atoms with E-state index in [2.05, 4.69) is 10.1 Å². The summed E-state index contributed by atoms with van der Waals surface area (Å²) in [5.41, 5.74) is 0. The maximum Gasteiger partial charge on any atom is 0.267 e. The minimum Gasteiger partial charge on any atom is -0.290 e. The van der Waals surface area contributed by atoms with E-state index in [0.29, 0.717) is 0 Å². The monoisotopic (exact) mass is 259 g/mol. The maximum absolute atomic E-state index is 13.6. The number of Topliss-reactive ketones (excluding diaryl/α,β-unsaturated/α-hetero) is 1. The molecule has 3 rings (SSSR count). The molecule has 2 heterocycles. The van der Waals surface area contributed by atoms with Crippen LogP contribution in [0.3, 0.4) is 0 Å².